The van der Waals surface area contributed by atoms with Crippen LogP contribution >= 0.6 is 0 Å². The van der Waals surface area contributed by atoms with Gasteiger partial charge >= 0.3 is 0 Å². The zero-order chi connectivity index (χ0) is 9.14. The lowest BCUT2D eigenvalue weighted by atomic mass is 9.98. The van der Waals surface area contributed by atoms with E-state index in [1.165, 1.54) is 16.7 Å². The summed E-state index contributed by atoms with van der Waals surface area (Å²) in [5.41, 5.74) is 9.84. The van der Waals surface area contributed by atoms with Gasteiger partial charge in [0.1, 0.15) is 0 Å². The Morgan fingerprint density at radius 2 is 2.00 bits per heavy atom. The van der Waals surface area contributed by atoms with Crippen molar-refractivity contribution >= 4 is 0 Å². The van der Waals surface area contributed by atoms with Gasteiger partial charge in [-0.3, -0.25) is 0 Å². The van der Waals surface area contributed by atoms with Crippen molar-refractivity contribution < 1.29 is 0 Å². The third-order valence-electron chi connectivity index (χ3n) is 2.26. The van der Waals surface area contributed by atoms with Crippen LogP contribution < -0.4 is 5.73 Å². The number of aryl methyl sites for hydroxylation is 2. The van der Waals surface area contributed by atoms with Crippen molar-refractivity contribution in [1.82, 2.24) is 0 Å². The van der Waals surface area contributed by atoms with Crippen LogP contribution in [0.2, 0.25) is 0 Å². The molecule has 0 saturated heterocycles. The fourth-order valence-electron chi connectivity index (χ4n) is 1.46. The lowest BCUT2D eigenvalue weighted by molar-refractivity contribution is 0.693. The van der Waals surface area contributed by atoms with E-state index in [4.69, 9.17) is 5.73 Å². The Morgan fingerprint density at radius 1 is 1.33 bits per heavy atom. The highest BCUT2D eigenvalue weighted by Gasteiger charge is 2.05. The van der Waals surface area contributed by atoms with E-state index in [0.29, 0.717) is 0 Å². The minimum Gasteiger partial charge on any atom is -0.324 e. The summed E-state index contributed by atoms with van der Waals surface area (Å²) in [4.78, 5) is 0. The van der Waals surface area contributed by atoms with Crippen LogP contribution in [0.4, 0.5) is 0 Å². The van der Waals surface area contributed by atoms with Gasteiger partial charge in [0.2, 0.25) is 0 Å². The Labute approximate surface area is 74.6 Å². The molecule has 1 heteroatoms. The second kappa shape index (κ2) is 3.72. The maximum Gasteiger partial charge on any atom is 0.0294 e. The monoisotopic (exact) mass is 163 g/mol. The van der Waals surface area contributed by atoms with E-state index in [2.05, 4.69) is 39.0 Å². The molecule has 0 unspecified atom stereocenters. The molecule has 0 aliphatic rings. The molecule has 0 saturated carbocycles. The molecule has 0 aliphatic heterocycles. The number of hydrogen-bond acceptors (Lipinski definition) is 1. The fourth-order valence-corrected chi connectivity index (χ4v) is 1.46. The van der Waals surface area contributed by atoms with Crippen LogP contribution in [0.1, 0.15) is 36.1 Å². The van der Waals surface area contributed by atoms with Gasteiger partial charge in [0.25, 0.3) is 0 Å². The molecule has 1 nitrogen and oxygen atoms in total. The summed E-state index contributed by atoms with van der Waals surface area (Å²) in [6.45, 7) is 6.34. The first-order chi connectivity index (χ1) is 5.65. The zero-order valence-corrected chi connectivity index (χ0v) is 8.09. The summed E-state index contributed by atoms with van der Waals surface area (Å²) in [5.74, 6) is 0. The normalized spacial score (nSPS) is 13.0. The molecule has 1 aromatic rings. The molecule has 0 bridgehead atoms. The van der Waals surface area contributed by atoms with Gasteiger partial charge in [-0.15, -0.1) is 0 Å². The Balaban J connectivity index is 3.01. The molecule has 1 rings (SSSR count). The van der Waals surface area contributed by atoms with Gasteiger partial charge in [0.15, 0.2) is 0 Å². The van der Waals surface area contributed by atoms with Crippen molar-refractivity contribution in [2.45, 2.75) is 33.2 Å². The topological polar surface area (TPSA) is 26.0 Å². The van der Waals surface area contributed by atoms with E-state index in [1.54, 1.807) is 0 Å². The van der Waals surface area contributed by atoms with Crippen LogP contribution in [-0.2, 0) is 0 Å². The minimum atomic E-state index is 0.200. The van der Waals surface area contributed by atoms with Gasteiger partial charge in [-0.2, -0.15) is 0 Å². The molecule has 1 atom stereocenters. The average Bonchev–Trinajstić information content (AvgIpc) is 2.03. The molecule has 12 heavy (non-hydrogen) atoms. The van der Waals surface area contributed by atoms with E-state index < -0.39 is 0 Å². The molecule has 66 valence electrons. The molecule has 0 amide bonds. The summed E-state index contributed by atoms with van der Waals surface area (Å²) in [6, 6.07) is 6.65. The van der Waals surface area contributed by atoms with Gasteiger partial charge < -0.3 is 5.73 Å². The number of benzene rings is 1. The number of rotatable bonds is 2. The summed E-state index contributed by atoms with van der Waals surface area (Å²) in [7, 11) is 0. The minimum absolute atomic E-state index is 0.200. The lowest BCUT2D eigenvalue weighted by Crippen LogP contribution is -2.10. The van der Waals surface area contributed by atoms with Crippen molar-refractivity contribution in [2.24, 2.45) is 5.73 Å². The highest BCUT2D eigenvalue weighted by molar-refractivity contribution is 5.32. The molecular formula is C11H17N. The number of hydrogen-bond donors (Lipinski definition) is 1. The predicted octanol–water partition coefficient (Wildman–Crippen LogP) is 2.71. The Bertz CT molecular complexity index is 266. The maximum atomic E-state index is 5.95. The average molecular weight is 163 g/mol. The summed E-state index contributed by atoms with van der Waals surface area (Å²) >= 11 is 0. The van der Waals surface area contributed by atoms with Crippen molar-refractivity contribution in [2.75, 3.05) is 0 Å². The second-order valence-electron chi connectivity index (χ2n) is 3.37. The molecule has 1 aromatic carbocycles. The predicted molar refractivity (Wildman–Crippen MR) is 53.1 cm³/mol. The van der Waals surface area contributed by atoms with Crippen LogP contribution in [0.15, 0.2) is 18.2 Å². The third kappa shape index (κ3) is 1.86. The standard InChI is InChI=1S/C11H17N/c1-4-11(12)10-6-5-8(2)7-9(10)3/h5-7,11H,4,12H2,1-3H3/t11-/m1/s1. The van der Waals surface area contributed by atoms with Gasteiger partial charge in [-0.25, -0.2) is 0 Å². The summed E-state index contributed by atoms with van der Waals surface area (Å²) in [5, 5.41) is 0. The van der Waals surface area contributed by atoms with Crippen LogP contribution in [0.3, 0.4) is 0 Å². The molecule has 0 aromatic heterocycles. The van der Waals surface area contributed by atoms with Crippen molar-refractivity contribution in [3.63, 3.8) is 0 Å². The van der Waals surface area contributed by atoms with E-state index in [0.717, 1.165) is 6.42 Å². The van der Waals surface area contributed by atoms with Crippen LogP contribution in [0.25, 0.3) is 0 Å². The quantitative estimate of drug-likeness (QED) is 0.712. The van der Waals surface area contributed by atoms with Crippen molar-refractivity contribution in [3.8, 4) is 0 Å². The molecule has 0 aliphatic carbocycles. The van der Waals surface area contributed by atoms with Gasteiger partial charge in [0.05, 0.1) is 0 Å². The second-order valence-corrected chi connectivity index (χ2v) is 3.37. The highest BCUT2D eigenvalue weighted by Crippen LogP contribution is 2.18. The third-order valence-corrected chi connectivity index (χ3v) is 2.26. The largest absolute Gasteiger partial charge is 0.324 e. The highest BCUT2D eigenvalue weighted by atomic mass is 14.6. The number of nitrogens with two attached hydrogens (primary N) is 1. The van der Waals surface area contributed by atoms with Crippen LogP contribution in [0.5, 0.6) is 0 Å². The van der Waals surface area contributed by atoms with Gasteiger partial charge in [-0.05, 0) is 31.4 Å². The molecule has 0 heterocycles. The van der Waals surface area contributed by atoms with E-state index in [9.17, 15) is 0 Å². The van der Waals surface area contributed by atoms with Crippen molar-refractivity contribution in [1.29, 1.82) is 0 Å². The van der Waals surface area contributed by atoms with E-state index >= 15 is 0 Å². The van der Waals surface area contributed by atoms with E-state index in [1.807, 2.05) is 0 Å². The lowest BCUT2D eigenvalue weighted by Gasteiger charge is -2.12. The SMILES string of the molecule is CC[C@@H](N)c1ccc(C)cc1C. The summed E-state index contributed by atoms with van der Waals surface area (Å²) in [6.07, 6.45) is 1.00. The van der Waals surface area contributed by atoms with E-state index in [-0.39, 0.29) is 6.04 Å². The Hall–Kier alpha value is -0.820. The first-order valence-corrected chi connectivity index (χ1v) is 4.48. The molecule has 2 N–H and O–H groups in total. The van der Waals surface area contributed by atoms with Crippen LogP contribution in [0, 0.1) is 13.8 Å². The van der Waals surface area contributed by atoms with Gasteiger partial charge in [0, 0.05) is 6.04 Å². The Kier molecular flexibility index (Phi) is 2.88. The smallest absolute Gasteiger partial charge is 0.0294 e. The maximum absolute atomic E-state index is 5.95. The fraction of sp³-hybridized carbons (Fsp3) is 0.455. The molecule has 0 radical (unpaired) electrons. The zero-order valence-electron chi connectivity index (χ0n) is 8.09. The van der Waals surface area contributed by atoms with Crippen molar-refractivity contribution in [3.05, 3.63) is 34.9 Å². The first-order valence-electron chi connectivity index (χ1n) is 4.48. The molecule has 0 spiro atoms. The molecular weight excluding hydrogens is 146 g/mol. The van der Waals surface area contributed by atoms with Gasteiger partial charge in [-0.1, -0.05) is 30.7 Å². The summed E-state index contributed by atoms with van der Waals surface area (Å²) < 4.78 is 0. The van der Waals surface area contributed by atoms with Crippen LogP contribution in [-0.4, -0.2) is 0 Å². The molecule has 0 fully saturated rings. The Morgan fingerprint density at radius 3 is 2.50 bits per heavy atom. The first kappa shape index (κ1) is 9.27.